The van der Waals surface area contributed by atoms with Gasteiger partial charge in [0.15, 0.2) is 0 Å². The molecule has 1 fully saturated rings. The van der Waals surface area contributed by atoms with Gasteiger partial charge in [0, 0.05) is 43.1 Å². The lowest BCUT2D eigenvalue weighted by atomic mass is 10.1. The van der Waals surface area contributed by atoms with E-state index in [2.05, 4.69) is 35.2 Å². The van der Waals surface area contributed by atoms with Crippen LogP contribution in [-0.2, 0) is 16.0 Å². The molecule has 4 heteroatoms. The molecular weight excluding hydrogens is 314 g/mol. The summed E-state index contributed by atoms with van der Waals surface area (Å²) in [5.74, 6) is 0. The van der Waals surface area contributed by atoms with Crippen LogP contribution in [-0.4, -0.2) is 44.4 Å². The Kier molecular flexibility index (Phi) is 5.02. The van der Waals surface area contributed by atoms with Crippen LogP contribution in [0, 0.1) is 0 Å². The van der Waals surface area contributed by atoms with Crippen molar-refractivity contribution in [3.05, 3.63) is 48.0 Å². The molecule has 4 rings (SSSR count). The molecule has 1 aliphatic heterocycles. The van der Waals surface area contributed by atoms with Crippen molar-refractivity contribution in [2.45, 2.75) is 25.5 Å². The van der Waals surface area contributed by atoms with E-state index in [1.165, 1.54) is 16.3 Å². The van der Waals surface area contributed by atoms with Gasteiger partial charge in [-0.15, -0.1) is 0 Å². The Balaban J connectivity index is 1.45. The summed E-state index contributed by atoms with van der Waals surface area (Å²) in [4.78, 5) is 2.50. The Bertz CT molecular complexity index is 833. The van der Waals surface area contributed by atoms with Crippen molar-refractivity contribution in [2.75, 3.05) is 33.4 Å². The number of furan rings is 1. The second-order valence-corrected chi connectivity index (χ2v) is 6.73. The molecule has 4 nitrogen and oxygen atoms in total. The van der Waals surface area contributed by atoms with Crippen LogP contribution in [0.5, 0.6) is 0 Å². The molecule has 0 saturated carbocycles. The minimum Gasteiger partial charge on any atom is -0.456 e. The van der Waals surface area contributed by atoms with Gasteiger partial charge < -0.3 is 13.9 Å². The van der Waals surface area contributed by atoms with Gasteiger partial charge in [0.25, 0.3) is 0 Å². The molecule has 0 unspecified atom stereocenters. The Labute approximate surface area is 148 Å². The van der Waals surface area contributed by atoms with Crippen LogP contribution in [0.3, 0.4) is 0 Å². The second kappa shape index (κ2) is 7.56. The molecular formula is C21H25NO3. The molecule has 2 aromatic carbocycles. The molecule has 0 atom stereocenters. The van der Waals surface area contributed by atoms with Gasteiger partial charge in [-0.1, -0.05) is 36.4 Å². The van der Waals surface area contributed by atoms with E-state index in [0.717, 1.165) is 43.6 Å². The summed E-state index contributed by atoms with van der Waals surface area (Å²) in [6.45, 7) is 4.43. The maximum Gasteiger partial charge on any atom is 0.139 e. The van der Waals surface area contributed by atoms with E-state index in [1.807, 2.05) is 12.1 Å². The first-order chi connectivity index (χ1) is 12.3. The number of piperidine rings is 1. The number of benzene rings is 2. The summed E-state index contributed by atoms with van der Waals surface area (Å²) in [7, 11) is 1.71. The molecule has 0 bridgehead atoms. The maximum atomic E-state index is 6.15. The average molecular weight is 339 g/mol. The fourth-order valence-corrected chi connectivity index (χ4v) is 3.70. The van der Waals surface area contributed by atoms with Crippen molar-refractivity contribution < 1.29 is 13.9 Å². The topological polar surface area (TPSA) is 34.8 Å². The van der Waals surface area contributed by atoms with Gasteiger partial charge in [-0.25, -0.2) is 0 Å². The van der Waals surface area contributed by atoms with Crippen molar-refractivity contribution in [1.29, 1.82) is 0 Å². The van der Waals surface area contributed by atoms with E-state index in [0.29, 0.717) is 19.3 Å². The van der Waals surface area contributed by atoms with E-state index in [1.54, 1.807) is 7.11 Å². The van der Waals surface area contributed by atoms with E-state index >= 15 is 0 Å². The smallest absolute Gasteiger partial charge is 0.139 e. The normalized spacial score (nSPS) is 16.8. The number of rotatable bonds is 6. The van der Waals surface area contributed by atoms with E-state index in [9.17, 15) is 0 Å². The quantitative estimate of drug-likeness (QED) is 0.630. The molecule has 3 aromatic rings. The number of fused-ring (bicyclic) bond motifs is 3. The lowest BCUT2D eigenvalue weighted by molar-refractivity contribution is -0.0157. The molecule has 2 heterocycles. The van der Waals surface area contributed by atoms with Crippen molar-refractivity contribution in [3.63, 3.8) is 0 Å². The number of nitrogens with zero attached hydrogens (tertiary/aromatic N) is 1. The lowest BCUT2D eigenvalue weighted by Gasteiger charge is -2.31. The summed E-state index contributed by atoms with van der Waals surface area (Å²) >= 11 is 0. The summed E-state index contributed by atoms with van der Waals surface area (Å²) in [5.41, 5.74) is 3.27. The third-order valence-corrected chi connectivity index (χ3v) is 5.06. The fourth-order valence-electron chi connectivity index (χ4n) is 3.70. The third kappa shape index (κ3) is 3.56. The predicted octanol–water partition coefficient (Wildman–Crippen LogP) is 4.21. The highest BCUT2D eigenvalue weighted by atomic mass is 16.5. The largest absolute Gasteiger partial charge is 0.456 e. The molecule has 0 amide bonds. The standard InChI is InChI=1S/C21H25NO3/c1-23-13-14-24-17-9-11-22(12-10-17)15-16-5-4-7-19-18-6-2-3-8-20(18)25-21(16)19/h2-8,17H,9-15H2,1H3. The average Bonchev–Trinajstić information content (AvgIpc) is 3.03. The Morgan fingerprint density at radius 3 is 2.64 bits per heavy atom. The number of likely N-dealkylation sites (tertiary alicyclic amines) is 1. The van der Waals surface area contributed by atoms with Gasteiger partial charge in [-0.2, -0.15) is 0 Å². The zero-order chi connectivity index (χ0) is 17.1. The molecule has 1 saturated heterocycles. The van der Waals surface area contributed by atoms with Crippen molar-refractivity contribution in [1.82, 2.24) is 4.90 Å². The van der Waals surface area contributed by atoms with Gasteiger partial charge in [0.1, 0.15) is 11.2 Å². The molecule has 1 aliphatic rings. The van der Waals surface area contributed by atoms with Gasteiger partial charge >= 0.3 is 0 Å². The molecule has 0 spiro atoms. The number of methoxy groups -OCH3 is 1. The summed E-state index contributed by atoms with van der Waals surface area (Å²) < 4.78 is 17.1. The van der Waals surface area contributed by atoms with Gasteiger partial charge in [-0.05, 0) is 18.9 Å². The third-order valence-electron chi connectivity index (χ3n) is 5.06. The number of hydrogen-bond donors (Lipinski definition) is 0. The van der Waals surface area contributed by atoms with Crippen molar-refractivity contribution in [2.24, 2.45) is 0 Å². The van der Waals surface area contributed by atoms with Crippen LogP contribution in [0.15, 0.2) is 46.9 Å². The Morgan fingerprint density at radius 2 is 1.80 bits per heavy atom. The zero-order valence-corrected chi connectivity index (χ0v) is 14.7. The van der Waals surface area contributed by atoms with Gasteiger partial charge in [0.05, 0.1) is 19.3 Å². The SMILES string of the molecule is COCCOC1CCN(Cc2cccc3c2oc2ccccc23)CC1. The molecule has 0 radical (unpaired) electrons. The fraction of sp³-hybridized carbons (Fsp3) is 0.429. The Morgan fingerprint density at radius 1 is 1.00 bits per heavy atom. The van der Waals surface area contributed by atoms with Crippen LogP contribution < -0.4 is 0 Å². The van der Waals surface area contributed by atoms with Crippen molar-refractivity contribution >= 4 is 21.9 Å². The van der Waals surface area contributed by atoms with Gasteiger partial charge in [-0.3, -0.25) is 4.90 Å². The lowest BCUT2D eigenvalue weighted by Crippen LogP contribution is -2.37. The highest BCUT2D eigenvalue weighted by Crippen LogP contribution is 2.31. The predicted molar refractivity (Wildman–Crippen MR) is 99.8 cm³/mol. The van der Waals surface area contributed by atoms with Crippen LogP contribution >= 0.6 is 0 Å². The first-order valence-corrected chi connectivity index (χ1v) is 9.07. The molecule has 25 heavy (non-hydrogen) atoms. The number of para-hydroxylation sites is 2. The van der Waals surface area contributed by atoms with Crippen LogP contribution in [0.4, 0.5) is 0 Å². The van der Waals surface area contributed by atoms with E-state index in [4.69, 9.17) is 13.9 Å². The monoisotopic (exact) mass is 339 g/mol. The highest BCUT2D eigenvalue weighted by Gasteiger charge is 2.21. The van der Waals surface area contributed by atoms with Crippen LogP contribution in [0.25, 0.3) is 21.9 Å². The number of hydrogen-bond acceptors (Lipinski definition) is 4. The van der Waals surface area contributed by atoms with E-state index in [-0.39, 0.29) is 0 Å². The Hall–Kier alpha value is -1.88. The molecule has 1 aromatic heterocycles. The number of ether oxygens (including phenoxy) is 2. The highest BCUT2D eigenvalue weighted by molar-refractivity contribution is 6.05. The first kappa shape index (κ1) is 16.6. The second-order valence-electron chi connectivity index (χ2n) is 6.73. The molecule has 0 aliphatic carbocycles. The molecule has 132 valence electrons. The summed E-state index contributed by atoms with van der Waals surface area (Å²) in [6.07, 6.45) is 2.54. The van der Waals surface area contributed by atoms with Crippen molar-refractivity contribution in [3.8, 4) is 0 Å². The molecule has 0 N–H and O–H groups in total. The van der Waals surface area contributed by atoms with Crippen LogP contribution in [0.1, 0.15) is 18.4 Å². The maximum absolute atomic E-state index is 6.15. The van der Waals surface area contributed by atoms with Crippen LogP contribution in [0.2, 0.25) is 0 Å². The van der Waals surface area contributed by atoms with Gasteiger partial charge in [0.2, 0.25) is 0 Å². The first-order valence-electron chi connectivity index (χ1n) is 9.07. The summed E-state index contributed by atoms with van der Waals surface area (Å²) in [6, 6.07) is 14.7. The minimum absolute atomic E-state index is 0.369. The summed E-state index contributed by atoms with van der Waals surface area (Å²) in [5, 5.41) is 2.41. The minimum atomic E-state index is 0.369. The van der Waals surface area contributed by atoms with E-state index < -0.39 is 0 Å². The zero-order valence-electron chi connectivity index (χ0n) is 14.7.